The first-order valence-corrected chi connectivity index (χ1v) is 9.98. The van der Waals surface area contributed by atoms with Crippen LogP contribution in [0, 0.1) is 0 Å². The molecule has 0 saturated carbocycles. The lowest BCUT2D eigenvalue weighted by Gasteiger charge is -2.16. The van der Waals surface area contributed by atoms with Gasteiger partial charge in [-0.3, -0.25) is 4.79 Å². The number of hydrogen-bond donors (Lipinski definition) is 2. The Bertz CT molecular complexity index is 853. The number of nitrogens with one attached hydrogen (secondary N) is 1. The van der Waals surface area contributed by atoms with Crippen molar-refractivity contribution >= 4 is 23.7 Å². The highest BCUT2D eigenvalue weighted by atomic mass is 16.5. The molecule has 30 heavy (non-hydrogen) atoms. The second kappa shape index (κ2) is 11.7. The van der Waals surface area contributed by atoms with Crippen molar-refractivity contribution in [1.82, 2.24) is 0 Å². The van der Waals surface area contributed by atoms with Gasteiger partial charge in [-0.1, -0.05) is 18.2 Å². The summed E-state index contributed by atoms with van der Waals surface area (Å²) in [6.45, 7) is 7.21. The Labute approximate surface area is 177 Å². The third-order valence-corrected chi connectivity index (χ3v) is 4.08. The SMILES string of the molecule is CCOc1cc(C=Cc2ccc(OC)c(NC(=O)CN)c2)cc(OCC)c1OCC. The molecule has 7 nitrogen and oxygen atoms in total. The number of carbonyl (C=O) groups is 1. The van der Waals surface area contributed by atoms with Crippen molar-refractivity contribution in [3.05, 3.63) is 41.5 Å². The minimum atomic E-state index is -0.288. The highest BCUT2D eigenvalue weighted by Crippen LogP contribution is 2.39. The van der Waals surface area contributed by atoms with E-state index in [1.165, 1.54) is 0 Å². The van der Waals surface area contributed by atoms with Gasteiger partial charge in [0, 0.05) is 0 Å². The Morgan fingerprint density at radius 2 is 1.50 bits per heavy atom. The number of benzene rings is 2. The fourth-order valence-corrected chi connectivity index (χ4v) is 2.83. The highest BCUT2D eigenvalue weighted by Gasteiger charge is 2.14. The average Bonchev–Trinajstić information content (AvgIpc) is 2.75. The Morgan fingerprint density at radius 1 is 0.900 bits per heavy atom. The summed E-state index contributed by atoms with van der Waals surface area (Å²) < 4.78 is 22.6. The average molecular weight is 415 g/mol. The number of rotatable bonds is 11. The number of hydrogen-bond acceptors (Lipinski definition) is 6. The topological polar surface area (TPSA) is 92.0 Å². The van der Waals surface area contributed by atoms with E-state index in [-0.39, 0.29) is 12.5 Å². The summed E-state index contributed by atoms with van der Waals surface area (Å²) in [6.07, 6.45) is 3.87. The van der Waals surface area contributed by atoms with Crippen LogP contribution in [0.5, 0.6) is 23.0 Å². The first-order chi connectivity index (χ1) is 14.6. The van der Waals surface area contributed by atoms with Gasteiger partial charge in [-0.2, -0.15) is 0 Å². The maximum Gasteiger partial charge on any atom is 0.238 e. The van der Waals surface area contributed by atoms with Crippen LogP contribution in [0.4, 0.5) is 5.69 Å². The molecule has 0 radical (unpaired) electrons. The third kappa shape index (κ3) is 6.15. The Morgan fingerprint density at radius 3 is 2.03 bits per heavy atom. The van der Waals surface area contributed by atoms with Gasteiger partial charge in [0.15, 0.2) is 11.5 Å². The fourth-order valence-electron chi connectivity index (χ4n) is 2.83. The maximum absolute atomic E-state index is 11.7. The van der Waals surface area contributed by atoms with Crippen LogP contribution >= 0.6 is 0 Å². The summed E-state index contributed by atoms with van der Waals surface area (Å²) in [6, 6.07) is 9.34. The Balaban J connectivity index is 2.38. The van der Waals surface area contributed by atoms with Gasteiger partial charge in [-0.25, -0.2) is 0 Å². The first kappa shape index (κ1) is 23.1. The Hall–Kier alpha value is -3.19. The molecule has 0 aliphatic heterocycles. The van der Waals surface area contributed by atoms with Crippen LogP contribution in [0.1, 0.15) is 31.9 Å². The summed E-state index contributed by atoms with van der Waals surface area (Å²) in [4.78, 5) is 11.7. The normalized spacial score (nSPS) is 10.7. The van der Waals surface area contributed by atoms with Crippen molar-refractivity contribution in [3.63, 3.8) is 0 Å². The van der Waals surface area contributed by atoms with E-state index in [1.54, 1.807) is 13.2 Å². The van der Waals surface area contributed by atoms with E-state index in [2.05, 4.69) is 5.32 Å². The van der Waals surface area contributed by atoms with Crippen LogP contribution < -0.4 is 30.0 Å². The minimum absolute atomic E-state index is 0.101. The number of amides is 1. The number of nitrogens with two attached hydrogens (primary N) is 1. The third-order valence-electron chi connectivity index (χ3n) is 4.08. The zero-order valence-electron chi connectivity index (χ0n) is 18.0. The fraction of sp³-hybridized carbons (Fsp3) is 0.348. The van der Waals surface area contributed by atoms with Crippen LogP contribution in [0.25, 0.3) is 12.2 Å². The van der Waals surface area contributed by atoms with E-state index in [9.17, 15) is 4.79 Å². The second-order valence-corrected chi connectivity index (χ2v) is 6.19. The van der Waals surface area contributed by atoms with Crippen LogP contribution in [0.2, 0.25) is 0 Å². The maximum atomic E-state index is 11.7. The van der Waals surface area contributed by atoms with Crippen molar-refractivity contribution in [2.45, 2.75) is 20.8 Å². The van der Waals surface area contributed by atoms with Gasteiger partial charge < -0.3 is 30.0 Å². The molecule has 0 spiro atoms. The molecule has 0 fully saturated rings. The summed E-state index contributed by atoms with van der Waals surface area (Å²) in [5, 5.41) is 2.74. The van der Waals surface area contributed by atoms with Gasteiger partial charge in [0.05, 0.1) is 39.2 Å². The molecule has 2 aromatic carbocycles. The molecule has 162 valence electrons. The molecule has 7 heteroatoms. The highest BCUT2D eigenvalue weighted by molar-refractivity contribution is 5.94. The van der Waals surface area contributed by atoms with Crippen LogP contribution in [0.15, 0.2) is 30.3 Å². The van der Waals surface area contributed by atoms with Crippen LogP contribution in [0.3, 0.4) is 0 Å². The number of anilines is 1. The molecule has 2 aromatic rings. The molecule has 0 aliphatic rings. The quantitative estimate of drug-likeness (QED) is 0.541. The lowest BCUT2D eigenvalue weighted by molar-refractivity contribution is -0.114. The van der Waals surface area contributed by atoms with Gasteiger partial charge in [-0.05, 0) is 56.2 Å². The van der Waals surface area contributed by atoms with Gasteiger partial charge >= 0.3 is 0 Å². The lowest BCUT2D eigenvalue weighted by Crippen LogP contribution is -2.22. The monoisotopic (exact) mass is 414 g/mol. The molecule has 1 amide bonds. The number of methoxy groups -OCH3 is 1. The van der Waals surface area contributed by atoms with E-state index in [0.717, 1.165) is 11.1 Å². The van der Waals surface area contributed by atoms with E-state index >= 15 is 0 Å². The standard InChI is InChI=1S/C23H30N2O5/c1-5-28-20-13-17(14-21(29-6-2)23(20)30-7-3)9-8-16-10-11-19(27-4)18(12-16)25-22(26)15-24/h8-14H,5-7,15,24H2,1-4H3,(H,25,26). The van der Waals surface area contributed by atoms with Crippen molar-refractivity contribution in [3.8, 4) is 23.0 Å². The largest absolute Gasteiger partial charge is 0.495 e. The van der Waals surface area contributed by atoms with Crippen molar-refractivity contribution in [2.75, 3.05) is 38.8 Å². The molecule has 0 atom stereocenters. The zero-order valence-corrected chi connectivity index (χ0v) is 18.0. The molecular formula is C23H30N2O5. The predicted molar refractivity (Wildman–Crippen MR) is 120 cm³/mol. The van der Waals surface area contributed by atoms with Crippen molar-refractivity contribution in [1.29, 1.82) is 0 Å². The summed E-state index contributed by atoms with van der Waals surface area (Å²) >= 11 is 0. The summed E-state index contributed by atoms with van der Waals surface area (Å²) in [5.41, 5.74) is 7.74. The van der Waals surface area contributed by atoms with Gasteiger partial charge in [0.25, 0.3) is 0 Å². The van der Waals surface area contributed by atoms with E-state index in [0.29, 0.717) is 48.5 Å². The summed E-state index contributed by atoms with van der Waals surface area (Å²) in [7, 11) is 1.55. The van der Waals surface area contributed by atoms with E-state index < -0.39 is 0 Å². The molecule has 0 unspecified atom stereocenters. The molecule has 0 aromatic heterocycles. The zero-order chi connectivity index (χ0) is 21.9. The second-order valence-electron chi connectivity index (χ2n) is 6.19. The minimum Gasteiger partial charge on any atom is -0.495 e. The molecule has 0 saturated heterocycles. The van der Waals surface area contributed by atoms with Crippen molar-refractivity contribution in [2.24, 2.45) is 5.73 Å². The number of carbonyl (C=O) groups excluding carboxylic acids is 1. The van der Waals surface area contributed by atoms with E-state index in [4.69, 9.17) is 24.7 Å². The van der Waals surface area contributed by atoms with Crippen LogP contribution in [-0.4, -0.2) is 39.4 Å². The predicted octanol–water partition coefficient (Wildman–Crippen LogP) is 3.96. The molecule has 0 bridgehead atoms. The van der Waals surface area contributed by atoms with Gasteiger partial charge in [-0.15, -0.1) is 0 Å². The van der Waals surface area contributed by atoms with Crippen molar-refractivity contribution < 1.29 is 23.7 Å². The lowest BCUT2D eigenvalue weighted by atomic mass is 10.1. The number of ether oxygens (including phenoxy) is 4. The molecule has 0 aliphatic carbocycles. The molecule has 3 N–H and O–H groups in total. The van der Waals surface area contributed by atoms with Gasteiger partial charge in [0.2, 0.25) is 11.7 Å². The Kier molecular flexibility index (Phi) is 9.03. The van der Waals surface area contributed by atoms with Gasteiger partial charge in [0.1, 0.15) is 5.75 Å². The smallest absolute Gasteiger partial charge is 0.238 e. The first-order valence-electron chi connectivity index (χ1n) is 9.98. The molecular weight excluding hydrogens is 384 g/mol. The summed E-state index contributed by atoms with van der Waals surface area (Å²) in [5.74, 6) is 2.15. The van der Waals surface area contributed by atoms with Crippen LogP contribution in [-0.2, 0) is 4.79 Å². The van der Waals surface area contributed by atoms with E-state index in [1.807, 2.05) is 57.2 Å². The molecule has 0 heterocycles. The molecule has 2 rings (SSSR count).